The Morgan fingerprint density at radius 2 is 1.76 bits per heavy atom. The lowest BCUT2D eigenvalue weighted by molar-refractivity contribution is 0.0963. The summed E-state index contributed by atoms with van der Waals surface area (Å²) in [6, 6.07) is 18.4. The molecule has 0 saturated carbocycles. The number of ether oxygens (including phenoxy) is 1. The monoisotopic (exact) mass is 331 g/mol. The summed E-state index contributed by atoms with van der Waals surface area (Å²) in [7, 11) is 1.67. The molecule has 0 amide bonds. The maximum absolute atomic E-state index is 12.6. The first-order valence-electron chi connectivity index (χ1n) is 8.70. The first-order valence-corrected chi connectivity index (χ1v) is 8.70. The van der Waals surface area contributed by atoms with Crippen LogP contribution in [-0.2, 0) is 13.0 Å². The predicted molar refractivity (Wildman–Crippen MR) is 99.2 cm³/mol. The summed E-state index contributed by atoms with van der Waals surface area (Å²) < 4.78 is 7.39. The zero-order valence-electron chi connectivity index (χ0n) is 14.4. The van der Waals surface area contributed by atoms with Crippen LogP contribution in [0, 0.1) is 0 Å². The van der Waals surface area contributed by atoms with Crippen LogP contribution < -0.4 is 4.74 Å². The second-order valence-electron chi connectivity index (χ2n) is 6.49. The highest BCUT2D eigenvalue weighted by Gasteiger charge is 2.25. The molecule has 4 rings (SSSR count). The minimum atomic E-state index is 0.261. The molecule has 0 aliphatic heterocycles. The number of hydrogen-bond acceptors (Lipinski definition) is 2. The molecule has 0 atom stereocenters. The van der Waals surface area contributed by atoms with E-state index in [0.717, 1.165) is 36.4 Å². The van der Waals surface area contributed by atoms with Crippen LogP contribution in [-0.4, -0.2) is 17.5 Å². The number of hydrogen-bond donors (Lipinski definition) is 0. The standard InChI is InChI=1S/C22H21NO2/c1-25-18-12-10-17(11-13-18)20-15-23(14-16-6-3-2-4-7-16)22-19(20)8-5-9-21(22)24/h2-4,6-7,10-13,15H,5,8-9,14H2,1H3. The average Bonchev–Trinajstić information content (AvgIpc) is 3.02. The number of nitrogens with zero attached hydrogens (tertiary/aromatic N) is 1. The Morgan fingerprint density at radius 3 is 2.48 bits per heavy atom. The van der Waals surface area contributed by atoms with Gasteiger partial charge in [-0.25, -0.2) is 0 Å². The second-order valence-corrected chi connectivity index (χ2v) is 6.49. The van der Waals surface area contributed by atoms with Crippen LogP contribution in [0.2, 0.25) is 0 Å². The molecule has 0 radical (unpaired) electrons. The SMILES string of the molecule is COc1ccc(-c2cn(Cc3ccccc3)c3c2CCCC3=O)cc1. The molecule has 1 heterocycles. The zero-order chi connectivity index (χ0) is 17.2. The molecule has 0 fully saturated rings. The van der Waals surface area contributed by atoms with Gasteiger partial charge in [0.05, 0.1) is 12.8 Å². The lowest BCUT2D eigenvalue weighted by atomic mass is 9.91. The van der Waals surface area contributed by atoms with E-state index in [0.29, 0.717) is 6.42 Å². The van der Waals surface area contributed by atoms with Crippen LogP contribution in [0.25, 0.3) is 11.1 Å². The Balaban J connectivity index is 1.79. The zero-order valence-corrected chi connectivity index (χ0v) is 14.4. The van der Waals surface area contributed by atoms with Gasteiger partial charge >= 0.3 is 0 Å². The maximum Gasteiger partial charge on any atom is 0.179 e. The Hall–Kier alpha value is -2.81. The van der Waals surface area contributed by atoms with Crippen molar-refractivity contribution in [1.82, 2.24) is 4.57 Å². The maximum atomic E-state index is 12.6. The summed E-state index contributed by atoms with van der Waals surface area (Å²) in [5, 5.41) is 0. The van der Waals surface area contributed by atoms with Crippen molar-refractivity contribution in [2.45, 2.75) is 25.8 Å². The molecule has 0 saturated heterocycles. The van der Waals surface area contributed by atoms with Crippen LogP contribution in [0.4, 0.5) is 0 Å². The summed E-state index contributed by atoms with van der Waals surface area (Å²) in [6.45, 7) is 0.727. The van der Waals surface area contributed by atoms with Crippen molar-refractivity contribution >= 4 is 5.78 Å². The Morgan fingerprint density at radius 1 is 1.00 bits per heavy atom. The minimum absolute atomic E-state index is 0.261. The normalized spacial score (nSPS) is 13.6. The van der Waals surface area contributed by atoms with Crippen LogP contribution in [0.5, 0.6) is 5.75 Å². The molecule has 25 heavy (non-hydrogen) atoms. The largest absolute Gasteiger partial charge is 0.497 e. The van der Waals surface area contributed by atoms with E-state index in [2.05, 4.69) is 35.0 Å². The van der Waals surface area contributed by atoms with Gasteiger partial charge < -0.3 is 9.30 Å². The van der Waals surface area contributed by atoms with E-state index in [9.17, 15) is 4.79 Å². The van der Waals surface area contributed by atoms with Crippen molar-refractivity contribution in [3.8, 4) is 16.9 Å². The summed E-state index contributed by atoms with van der Waals surface area (Å²) in [5.74, 6) is 1.11. The smallest absolute Gasteiger partial charge is 0.179 e. The molecule has 1 aliphatic rings. The molecule has 3 aromatic rings. The van der Waals surface area contributed by atoms with Gasteiger partial charge in [-0.1, -0.05) is 42.5 Å². The lowest BCUT2D eigenvalue weighted by Crippen LogP contribution is -2.15. The van der Waals surface area contributed by atoms with Gasteiger partial charge in [0, 0.05) is 24.7 Å². The van der Waals surface area contributed by atoms with Gasteiger partial charge in [0.15, 0.2) is 5.78 Å². The number of ketones is 1. The first kappa shape index (κ1) is 15.7. The van der Waals surface area contributed by atoms with Crippen LogP contribution in [0.15, 0.2) is 60.8 Å². The van der Waals surface area contributed by atoms with E-state index in [-0.39, 0.29) is 5.78 Å². The Labute approximate surface area is 147 Å². The highest BCUT2D eigenvalue weighted by Crippen LogP contribution is 2.34. The van der Waals surface area contributed by atoms with E-state index in [1.807, 2.05) is 30.3 Å². The highest BCUT2D eigenvalue weighted by molar-refractivity contribution is 5.99. The molecule has 0 unspecified atom stereocenters. The van der Waals surface area contributed by atoms with Crippen molar-refractivity contribution in [2.24, 2.45) is 0 Å². The van der Waals surface area contributed by atoms with Gasteiger partial charge in [0.1, 0.15) is 5.75 Å². The van der Waals surface area contributed by atoms with Crippen LogP contribution in [0.1, 0.15) is 34.5 Å². The van der Waals surface area contributed by atoms with Crippen LogP contribution in [0.3, 0.4) is 0 Å². The first-order chi connectivity index (χ1) is 12.3. The number of benzene rings is 2. The Kier molecular flexibility index (Phi) is 4.14. The van der Waals surface area contributed by atoms with E-state index in [4.69, 9.17) is 4.74 Å². The molecule has 126 valence electrons. The molecule has 1 aliphatic carbocycles. The van der Waals surface area contributed by atoms with E-state index >= 15 is 0 Å². The van der Waals surface area contributed by atoms with E-state index < -0.39 is 0 Å². The molecule has 3 nitrogen and oxygen atoms in total. The quantitative estimate of drug-likeness (QED) is 0.692. The van der Waals surface area contributed by atoms with Crippen LogP contribution >= 0.6 is 0 Å². The second kappa shape index (κ2) is 6.60. The number of carbonyl (C=O) groups is 1. The van der Waals surface area contributed by atoms with Gasteiger partial charge in [-0.3, -0.25) is 4.79 Å². The number of methoxy groups -OCH3 is 1. The van der Waals surface area contributed by atoms with Crippen molar-refractivity contribution in [2.75, 3.05) is 7.11 Å². The third kappa shape index (κ3) is 2.98. The van der Waals surface area contributed by atoms with Crippen molar-refractivity contribution in [3.63, 3.8) is 0 Å². The van der Waals surface area contributed by atoms with Crippen molar-refractivity contribution in [3.05, 3.63) is 77.6 Å². The fraction of sp³-hybridized carbons (Fsp3) is 0.227. The highest BCUT2D eigenvalue weighted by atomic mass is 16.5. The minimum Gasteiger partial charge on any atom is -0.497 e. The summed E-state index contributed by atoms with van der Waals surface area (Å²) in [5.41, 5.74) is 5.60. The number of fused-ring (bicyclic) bond motifs is 1. The molecular weight excluding hydrogens is 310 g/mol. The summed E-state index contributed by atoms with van der Waals surface area (Å²) >= 11 is 0. The van der Waals surface area contributed by atoms with Gasteiger partial charge in [-0.15, -0.1) is 0 Å². The molecular formula is C22H21NO2. The average molecular weight is 331 g/mol. The predicted octanol–water partition coefficient (Wildman–Crippen LogP) is 4.73. The van der Waals surface area contributed by atoms with Crippen molar-refractivity contribution < 1.29 is 9.53 Å². The number of carbonyl (C=O) groups excluding carboxylic acids is 1. The fourth-order valence-electron chi connectivity index (χ4n) is 3.65. The third-order valence-corrected chi connectivity index (χ3v) is 4.87. The molecule has 1 aromatic heterocycles. The summed E-state index contributed by atoms with van der Waals surface area (Å²) in [6.07, 6.45) is 4.69. The molecule has 3 heteroatoms. The number of aromatic nitrogens is 1. The van der Waals surface area contributed by atoms with Gasteiger partial charge in [0.25, 0.3) is 0 Å². The molecule has 0 N–H and O–H groups in total. The van der Waals surface area contributed by atoms with Gasteiger partial charge in [0.2, 0.25) is 0 Å². The lowest BCUT2D eigenvalue weighted by Gasteiger charge is -2.15. The fourth-order valence-corrected chi connectivity index (χ4v) is 3.65. The number of rotatable bonds is 4. The van der Waals surface area contributed by atoms with Gasteiger partial charge in [-0.05, 0) is 41.7 Å². The van der Waals surface area contributed by atoms with Crippen molar-refractivity contribution in [1.29, 1.82) is 0 Å². The number of Topliss-reactive ketones (excluding diaryl/α,β-unsaturated/α-hetero) is 1. The summed E-state index contributed by atoms with van der Waals surface area (Å²) in [4.78, 5) is 12.6. The van der Waals surface area contributed by atoms with E-state index in [1.165, 1.54) is 16.7 Å². The van der Waals surface area contributed by atoms with Gasteiger partial charge in [-0.2, -0.15) is 0 Å². The molecule has 2 aromatic carbocycles. The third-order valence-electron chi connectivity index (χ3n) is 4.87. The van der Waals surface area contributed by atoms with E-state index in [1.54, 1.807) is 7.11 Å². The molecule has 0 spiro atoms. The Bertz CT molecular complexity index is 892. The topological polar surface area (TPSA) is 31.2 Å². The molecule has 0 bridgehead atoms.